The third-order valence-electron chi connectivity index (χ3n) is 1.74. The molecule has 0 heterocycles. The Morgan fingerprint density at radius 1 is 1.38 bits per heavy atom. The van der Waals surface area contributed by atoms with Crippen LogP contribution in [0.3, 0.4) is 0 Å². The molecule has 0 fully saturated rings. The van der Waals surface area contributed by atoms with Gasteiger partial charge in [-0.25, -0.2) is 14.7 Å². The van der Waals surface area contributed by atoms with E-state index >= 15 is 0 Å². The van der Waals surface area contributed by atoms with Gasteiger partial charge in [-0.2, -0.15) is 0 Å². The van der Waals surface area contributed by atoms with Crippen molar-refractivity contribution in [2.24, 2.45) is 5.90 Å². The number of halogens is 2. The molecule has 0 amide bonds. The van der Waals surface area contributed by atoms with E-state index in [2.05, 4.69) is 4.84 Å². The summed E-state index contributed by atoms with van der Waals surface area (Å²) >= 11 is 0. The van der Waals surface area contributed by atoms with Crippen LogP contribution in [0.4, 0.5) is 8.78 Å². The van der Waals surface area contributed by atoms with Crippen molar-refractivity contribution in [2.75, 3.05) is 6.61 Å². The maximum atomic E-state index is 13.0. The van der Waals surface area contributed by atoms with Gasteiger partial charge >= 0.3 is 0 Å². The van der Waals surface area contributed by atoms with Crippen molar-refractivity contribution < 1.29 is 13.6 Å². The van der Waals surface area contributed by atoms with Crippen LogP contribution in [0, 0.1) is 18.6 Å². The minimum Gasteiger partial charge on any atom is -0.304 e. The highest BCUT2D eigenvalue weighted by Gasteiger charge is 2.08. The van der Waals surface area contributed by atoms with Gasteiger partial charge in [0, 0.05) is 6.42 Å². The molecule has 0 aromatic heterocycles. The predicted molar refractivity (Wildman–Crippen MR) is 44.9 cm³/mol. The molecule has 1 aromatic carbocycles. The fraction of sp³-hybridized carbons (Fsp3) is 0.333. The second-order valence-corrected chi connectivity index (χ2v) is 2.84. The van der Waals surface area contributed by atoms with E-state index < -0.39 is 11.6 Å². The van der Waals surface area contributed by atoms with Gasteiger partial charge in [-0.05, 0) is 24.1 Å². The van der Waals surface area contributed by atoms with E-state index in [1.54, 1.807) is 13.0 Å². The predicted octanol–water partition coefficient (Wildman–Crippen LogP) is 1.71. The highest BCUT2D eigenvalue weighted by Crippen LogP contribution is 2.14. The summed E-state index contributed by atoms with van der Waals surface area (Å²) in [6, 6.07) is 2.74. The molecule has 4 heteroatoms. The number of nitrogens with two attached hydrogens (primary N) is 1. The molecule has 0 spiro atoms. The van der Waals surface area contributed by atoms with E-state index in [0.717, 1.165) is 6.07 Å². The van der Waals surface area contributed by atoms with Crippen LogP contribution in [-0.4, -0.2) is 6.61 Å². The molecule has 72 valence electrons. The van der Waals surface area contributed by atoms with Crippen molar-refractivity contribution in [3.05, 3.63) is 34.9 Å². The summed E-state index contributed by atoms with van der Waals surface area (Å²) < 4.78 is 25.9. The number of hydrogen-bond donors (Lipinski definition) is 1. The molecule has 2 nitrogen and oxygen atoms in total. The third-order valence-corrected chi connectivity index (χ3v) is 1.74. The smallest absolute Gasteiger partial charge is 0.162 e. The summed E-state index contributed by atoms with van der Waals surface area (Å²) in [4.78, 5) is 4.29. The Morgan fingerprint density at radius 3 is 2.69 bits per heavy atom. The Labute approximate surface area is 75.3 Å². The summed E-state index contributed by atoms with van der Waals surface area (Å²) in [6.07, 6.45) is 0.279. The Balaban J connectivity index is 2.92. The second kappa shape index (κ2) is 4.30. The molecule has 0 radical (unpaired) electrons. The Hall–Kier alpha value is -1.00. The zero-order valence-corrected chi connectivity index (χ0v) is 7.31. The monoisotopic (exact) mass is 187 g/mol. The zero-order chi connectivity index (χ0) is 9.84. The van der Waals surface area contributed by atoms with Crippen LogP contribution in [-0.2, 0) is 11.3 Å². The van der Waals surface area contributed by atoms with Gasteiger partial charge in [0.05, 0.1) is 6.61 Å². The average molecular weight is 187 g/mol. The summed E-state index contributed by atoms with van der Waals surface area (Å²) in [5.74, 6) is 3.14. The first-order chi connectivity index (χ1) is 6.15. The molecular formula is C9H11F2NO. The van der Waals surface area contributed by atoms with Crippen LogP contribution in [0.15, 0.2) is 12.1 Å². The highest BCUT2D eigenvalue weighted by atomic mass is 19.2. The fourth-order valence-corrected chi connectivity index (χ4v) is 1.15. The van der Waals surface area contributed by atoms with Gasteiger partial charge in [0.15, 0.2) is 11.6 Å². The standard InChI is InChI=1S/C9H11F2NO/c1-6-4-7(2-3-13-12)9(11)8(10)5-6/h4-5H,2-3,12H2,1H3. The van der Waals surface area contributed by atoms with Crippen molar-refractivity contribution in [1.82, 2.24) is 0 Å². The van der Waals surface area contributed by atoms with Crippen molar-refractivity contribution in [3.63, 3.8) is 0 Å². The zero-order valence-electron chi connectivity index (χ0n) is 7.31. The first-order valence-corrected chi connectivity index (χ1v) is 3.91. The minimum absolute atomic E-state index is 0.180. The van der Waals surface area contributed by atoms with Gasteiger partial charge in [0.25, 0.3) is 0 Å². The number of hydrogen-bond acceptors (Lipinski definition) is 2. The maximum absolute atomic E-state index is 13.0. The van der Waals surface area contributed by atoms with Crippen LogP contribution in [0.25, 0.3) is 0 Å². The van der Waals surface area contributed by atoms with Gasteiger partial charge in [0.2, 0.25) is 0 Å². The molecule has 0 aliphatic rings. The molecule has 0 saturated heterocycles. The van der Waals surface area contributed by atoms with E-state index in [1.807, 2.05) is 0 Å². The Morgan fingerprint density at radius 2 is 2.08 bits per heavy atom. The molecule has 0 bridgehead atoms. The molecule has 0 aliphatic heterocycles. The summed E-state index contributed by atoms with van der Waals surface area (Å²) in [6.45, 7) is 1.88. The van der Waals surface area contributed by atoms with Crippen LogP contribution in [0.1, 0.15) is 11.1 Å². The van der Waals surface area contributed by atoms with Crippen molar-refractivity contribution >= 4 is 0 Å². The first-order valence-electron chi connectivity index (χ1n) is 3.91. The van der Waals surface area contributed by atoms with Crippen LogP contribution < -0.4 is 5.90 Å². The molecule has 0 unspecified atom stereocenters. The average Bonchev–Trinajstić information content (AvgIpc) is 2.09. The first kappa shape index (κ1) is 10.1. The number of aryl methyl sites for hydroxylation is 1. The summed E-state index contributed by atoms with van der Waals surface area (Å²) in [5.41, 5.74) is 0.980. The molecule has 2 N–H and O–H groups in total. The lowest BCUT2D eigenvalue weighted by Gasteiger charge is -2.04. The lowest BCUT2D eigenvalue weighted by molar-refractivity contribution is 0.140. The molecule has 1 aromatic rings. The van der Waals surface area contributed by atoms with Gasteiger partial charge in [0.1, 0.15) is 0 Å². The molecule has 0 saturated carbocycles. The van der Waals surface area contributed by atoms with E-state index in [1.165, 1.54) is 0 Å². The van der Waals surface area contributed by atoms with Gasteiger partial charge in [-0.3, -0.25) is 0 Å². The van der Waals surface area contributed by atoms with Gasteiger partial charge < -0.3 is 4.84 Å². The quantitative estimate of drug-likeness (QED) is 0.731. The summed E-state index contributed by atoms with van der Waals surface area (Å²) in [5, 5.41) is 0. The SMILES string of the molecule is Cc1cc(F)c(F)c(CCON)c1. The molecule has 13 heavy (non-hydrogen) atoms. The third kappa shape index (κ3) is 2.47. The Kier molecular flexibility index (Phi) is 3.33. The molecule has 0 atom stereocenters. The maximum Gasteiger partial charge on any atom is 0.162 e. The number of rotatable bonds is 3. The normalized spacial score (nSPS) is 10.5. The second-order valence-electron chi connectivity index (χ2n) is 2.84. The van der Waals surface area contributed by atoms with Crippen molar-refractivity contribution in [2.45, 2.75) is 13.3 Å². The molecular weight excluding hydrogens is 176 g/mol. The van der Waals surface area contributed by atoms with E-state index in [9.17, 15) is 8.78 Å². The van der Waals surface area contributed by atoms with Crippen molar-refractivity contribution in [3.8, 4) is 0 Å². The summed E-state index contributed by atoms with van der Waals surface area (Å²) in [7, 11) is 0. The largest absolute Gasteiger partial charge is 0.304 e. The van der Waals surface area contributed by atoms with Crippen LogP contribution in [0.5, 0.6) is 0 Å². The lowest BCUT2D eigenvalue weighted by atomic mass is 10.1. The molecule has 1 rings (SSSR count). The topological polar surface area (TPSA) is 35.2 Å². The van der Waals surface area contributed by atoms with Gasteiger partial charge in [-0.15, -0.1) is 0 Å². The Bertz CT molecular complexity index is 302. The van der Waals surface area contributed by atoms with E-state index in [-0.39, 0.29) is 13.0 Å². The number of benzene rings is 1. The fourth-order valence-electron chi connectivity index (χ4n) is 1.15. The van der Waals surface area contributed by atoms with E-state index in [0.29, 0.717) is 11.1 Å². The van der Waals surface area contributed by atoms with Crippen LogP contribution in [0.2, 0.25) is 0 Å². The lowest BCUT2D eigenvalue weighted by Crippen LogP contribution is -2.06. The minimum atomic E-state index is -0.827. The highest BCUT2D eigenvalue weighted by molar-refractivity contribution is 5.25. The van der Waals surface area contributed by atoms with E-state index in [4.69, 9.17) is 5.90 Å². The van der Waals surface area contributed by atoms with Gasteiger partial charge in [-0.1, -0.05) is 6.07 Å². The molecule has 0 aliphatic carbocycles. The van der Waals surface area contributed by atoms with Crippen LogP contribution >= 0.6 is 0 Å². The van der Waals surface area contributed by atoms with Crippen molar-refractivity contribution in [1.29, 1.82) is 0 Å².